The molecule has 1 rings (SSSR count). The first-order chi connectivity index (χ1) is 10.7. The number of unbranched alkanes of at least 4 members (excludes halogenated alkanes) is 2. The largest absolute Gasteiger partial charge is 0.507 e. The van der Waals surface area contributed by atoms with Gasteiger partial charge in [0.2, 0.25) is 0 Å². The van der Waals surface area contributed by atoms with Gasteiger partial charge in [-0.3, -0.25) is 0 Å². The van der Waals surface area contributed by atoms with Crippen molar-refractivity contribution in [1.82, 2.24) is 9.80 Å². The van der Waals surface area contributed by atoms with Gasteiger partial charge in [-0.25, -0.2) is 0 Å². The van der Waals surface area contributed by atoms with Crippen molar-refractivity contribution in [2.24, 2.45) is 0 Å². The van der Waals surface area contributed by atoms with E-state index in [1.807, 2.05) is 28.2 Å². The topological polar surface area (TPSA) is 26.7 Å². The van der Waals surface area contributed by atoms with Gasteiger partial charge in [-0.05, 0) is 45.6 Å². The standard InChI is InChI=1S/C20H36N2O/c1-8-9-10-11-20(2,3)18-12-16(14-21(4)5)19(23)17(13-18)15-22(6)7/h12-13,23H,8-11,14-15H2,1-7H3. The third-order valence-electron chi connectivity index (χ3n) is 4.43. The van der Waals surface area contributed by atoms with Crippen LogP contribution in [0.15, 0.2) is 12.1 Å². The molecule has 1 N–H and O–H groups in total. The van der Waals surface area contributed by atoms with Crippen LogP contribution in [0.4, 0.5) is 0 Å². The Morgan fingerprint density at radius 2 is 1.39 bits per heavy atom. The summed E-state index contributed by atoms with van der Waals surface area (Å²) in [6, 6.07) is 4.42. The lowest BCUT2D eigenvalue weighted by Gasteiger charge is -2.28. The zero-order valence-corrected chi connectivity index (χ0v) is 16.2. The second-order valence-electron chi connectivity index (χ2n) is 7.96. The van der Waals surface area contributed by atoms with Gasteiger partial charge in [0.15, 0.2) is 0 Å². The lowest BCUT2D eigenvalue weighted by Crippen LogP contribution is -2.20. The summed E-state index contributed by atoms with van der Waals surface area (Å²) in [5.41, 5.74) is 3.56. The molecule has 0 saturated heterocycles. The molecule has 132 valence electrons. The average Bonchev–Trinajstić information content (AvgIpc) is 2.42. The molecule has 0 spiro atoms. The maximum Gasteiger partial charge on any atom is 0.124 e. The van der Waals surface area contributed by atoms with Crippen molar-refractivity contribution in [3.8, 4) is 5.75 Å². The third-order valence-corrected chi connectivity index (χ3v) is 4.43. The number of phenolic OH excluding ortho intramolecular Hbond substituents is 1. The maximum atomic E-state index is 10.6. The van der Waals surface area contributed by atoms with E-state index in [4.69, 9.17) is 0 Å². The highest BCUT2D eigenvalue weighted by molar-refractivity contribution is 5.46. The number of hydrogen-bond acceptors (Lipinski definition) is 3. The molecule has 0 unspecified atom stereocenters. The van der Waals surface area contributed by atoms with Crippen molar-refractivity contribution >= 4 is 0 Å². The van der Waals surface area contributed by atoms with Crippen LogP contribution in [-0.2, 0) is 18.5 Å². The van der Waals surface area contributed by atoms with E-state index < -0.39 is 0 Å². The van der Waals surface area contributed by atoms with Crippen LogP contribution in [0.5, 0.6) is 5.75 Å². The van der Waals surface area contributed by atoms with Gasteiger partial charge in [0.25, 0.3) is 0 Å². The first kappa shape index (κ1) is 20.0. The molecule has 23 heavy (non-hydrogen) atoms. The second kappa shape index (κ2) is 8.70. The fourth-order valence-corrected chi connectivity index (χ4v) is 3.03. The van der Waals surface area contributed by atoms with E-state index in [9.17, 15) is 5.11 Å². The molecule has 0 fully saturated rings. The van der Waals surface area contributed by atoms with Gasteiger partial charge < -0.3 is 14.9 Å². The summed E-state index contributed by atoms with van der Waals surface area (Å²) in [6.45, 7) is 8.44. The molecule has 1 aromatic rings. The summed E-state index contributed by atoms with van der Waals surface area (Å²) < 4.78 is 0. The normalized spacial score (nSPS) is 12.4. The molecule has 0 heterocycles. The van der Waals surface area contributed by atoms with Gasteiger partial charge in [0, 0.05) is 24.2 Å². The van der Waals surface area contributed by atoms with Crippen LogP contribution in [0.3, 0.4) is 0 Å². The van der Waals surface area contributed by atoms with Crippen molar-refractivity contribution in [3.63, 3.8) is 0 Å². The summed E-state index contributed by atoms with van der Waals surface area (Å²) in [6.07, 6.45) is 4.99. The van der Waals surface area contributed by atoms with Crippen LogP contribution in [0.2, 0.25) is 0 Å². The van der Waals surface area contributed by atoms with Gasteiger partial charge >= 0.3 is 0 Å². The third kappa shape index (κ3) is 6.15. The highest BCUT2D eigenvalue weighted by atomic mass is 16.3. The quantitative estimate of drug-likeness (QED) is 0.684. The number of phenols is 1. The van der Waals surface area contributed by atoms with Crippen LogP contribution in [0.1, 0.15) is 63.1 Å². The predicted octanol–water partition coefficient (Wildman–Crippen LogP) is 4.37. The van der Waals surface area contributed by atoms with Crippen molar-refractivity contribution in [2.75, 3.05) is 28.2 Å². The first-order valence-electron chi connectivity index (χ1n) is 8.82. The van der Waals surface area contributed by atoms with Gasteiger partial charge in [0.05, 0.1) is 0 Å². The molecular formula is C20H36N2O. The first-order valence-corrected chi connectivity index (χ1v) is 8.82. The monoisotopic (exact) mass is 320 g/mol. The second-order valence-corrected chi connectivity index (χ2v) is 7.96. The fourth-order valence-electron chi connectivity index (χ4n) is 3.03. The van der Waals surface area contributed by atoms with Crippen LogP contribution < -0.4 is 0 Å². The molecule has 0 saturated carbocycles. The Morgan fingerprint density at radius 3 is 1.78 bits per heavy atom. The SMILES string of the molecule is CCCCCC(C)(C)c1cc(CN(C)C)c(O)c(CN(C)C)c1. The molecule has 3 nitrogen and oxygen atoms in total. The minimum Gasteiger partial charge on any atom is -0.507 e. The van der Waals surface area contributed by atoms with Gasteiger partial charge in [0.1, 0.15) is 5.75 Å². The Kier molecular flexibility index (Phi) is 7.56. The molecule has 0 atom stereocenters. The van der Waals surface area contributed by atoms with E-state index in [1.54, 1.807) is 0 Å². The summed E-state index contributed by atoms with van der Waals surface area (Å²) in [5, 5.41) is 10.6. The molecule has 0 radical (unpaired) electrons. The molecule has 0 aromatic heterocycles. The Bertz CT molecular complexity index is 461. The van der Waals surface area contributed by atoms with Crippen LogP contribution in [0, 0.1) is 0 Å². The molecule has 0 aliphatic carbocycles. The van der Waals surface area contributed by atoms with E-state index in [2.05, 4.69) is 42.7 Å². The lowest BCUT2D eigenvalue weighted by atomic mass is 9.78. The van der Waals surface area contributed by atoms with E-state index >= 15 is 0 Å². The van der Waals surface area contributed by atoms with Gasteiger partial charge in [-0.1, -0.05) is 52.2 Å². The summed E-state index contributed by atoms with van der Waals surface area (Å²) in [7, 11) is 8.18. The summed E-state index contributed by atoms with van der Waals surface area (Å²) in [5.74, 6) is 0.459. The lowest BCUT2D eigenvalue weighted by molar-refractivity contribution is 0.365. The summed E-state index contributed by atoms with van der Waals surface area (Å²) >= 11 is 0. The fraction of sp³-hybridized carbons (Fsp3) is 0.700. The molecule has 0 aliphatic rings. The number of nitrogens with zero attached hydrogens (tertiary/aromatic N) is 2. The Balaban J connectivity index is 3.19. The van der Waals surface area contributed by atoms with Crippen molar-refractivity contribution < 1.29 is 5.11 Å². The van der Waals surface area contributed by atoms with E-state index in [-0.39, 0.29) is 5.41 Å². The Morgan fingerprint density at radius 1 is 0.913 bits per heavy atom. The number of hydrogen-bond donors (Lipinski definition) is 1. The molecular weight excluding hydrogens is 284 g/mol. The van der Waals surface area contributed by atoms with E-state index in [0.717, 1.165) is 24.2 Å². The van der Waals surface area contributed by atoms with Crippen LogP contribution in [-0.4, -0.2) is 43.1 Å². The minimum atomic E-state index is 0.144. The van der Waals surface area contributed by atoms with Gasteiger partial charge in [-0.15, -0.1) is 0 Å². The van der Waals surface area contributed by atoms with Gasteiger partial charge in [-0.2, -0.15) is 0 Å². The number of aromatic hydroxyl groups is 1. The number of benzene rings is 1. The van der Waals surface area contributed by atoms with Crippen LogP contribution in [0.25, 0.3) is 0 Å². The van der Waals surface area contributed by atoms with E-state index in [0.29, 0.717) is 5.75 Å². The van der Waals surface area contributed by atoms with Crippen molar-refractivity contribution in [1.29, 1.82) is 0 Å². The molecule has 0 amide bonds. The smallest absolute Gasteiger partial charge is 0.124 e. The molecule has 0 bridgehead atoms. The molecule has 3 heteroatoms. The Hall–Kier alpha value is -1.06. The predicted molar refractivity (Wildman–Crippen MR) is 100 cm³/mol. The highest BCUT2D eigenvalue weighted by Gasteiger charge is 2.23. The Labute approximate surface area is 143 Å². The highest BCUT2D eigenvalue weighted by Crippen LogP contribution is 2.35. The maximum absolute atomic E-state index is 10.6. The average molecular weight is 321 g/mol. The van der Waals surface area contributed by atoms with E-state index in [1.165, 1.54) is 31.2 Å². The van der Waals surface area contributed by atoms with Crippen molar-refractivity contribution in [2.45, 2.75) is 65.0 Å². The zero-order chi connectivity index (χ0) is 17.6. The molecule has 1 aromatic carbocycles. The summed E-state index contributed by atoms with van der Waals surface area (Å²) in [4.78, 5) is 4.23. The minimum absolute atomic E-state index is 0.144. The van der Waals surface area contributed by atoms with Crippen molar-refractivity contribution in [3.05, 3.63) is 28.8 Å². The molecule has 0 aliphatic heterocycles. The zero-order valence-electron chi connectivity index (χ0n) is 16.2. The number of rotatable bonds is 9. The van der Waals surface area contributed by atoms with Crippen LogP contribution >= 0.6 is 0 Å².